The van der Waals surface area contributed by atoms with Crippen LogP contribution in [0.25, 0.3) is 0 Å². The van der Waals surface area contributed by atoms with Gasteiger partial charge in [0.15, 0.2) is 0 Å². The normalized spacial score (nSPS) is 11.1. The fraction of sp³-hybridized carbons (Fsp3) is 0.556. The first kappa shape index (κ1) is 13.0. The van der Waals surface area contributed by atoms with Gasteiger partial charge < -0.3 is 11.1 Å². The monoisotopic (exact) mass is 258 g/mol. The molecule has 7 heteroatoms. The lowest BCUT2D eigenvalue weighted by Gasteiger charge is -2.28. The van der Waals surface area contributed by atoms with Crippen molar-refractivity contribution >= 4 is 39.6 Å². The number of carbonyl (C=O) groups excluding carboxylic acids is 1. The molecule has 88 valence electrons. The molecule has 0 aliphatic heterocycles. The van der Waals surface area contributed by atoms with Crippen molar-refractivity contribution in [2.24, 2.45) is 11.1 Å². The SMILES string of the molecule is CCC(CC)(C(=O)Nc1cnns1)C(N)=S. The average Bonchev–Trinajstić information content (AvgIpc) is 2.72. The van der Waals surface area contributed by atoms with Crippen LogP contribution in [0.1, 0.15) is 26.7 Å². The van der Waals surface area contributed by atoms with Crippen molar-refractivity contribution in [3.8, 4) is 0 Å². The third kappa shape index (κ3) is 2.35. The molecule has 1 aromatic rings. The highest BCUT2D eigenvalue weighted by atomic mass is 32.1. The summed E-state index contributed by atoms with van der Waals surface area (Å²) in [5.74, 6) is -0.184. The van der Waals surface area contributed by atoms with Crippen LogP contribution in [0.4, 0.5) is 5.00 Å². The van der Waals surface area contributed by atoms with Crippen LogP contribution < -0.4 is 11.1 Å². The van der Waals surface area contributed by atoms with Gasteiger partial charge in [-0.15, -0.1) is 5.10 Å². The van der Waals surface area contributed by atoms with E-state index in [4.69, 9.17) is 18.0 Å². The van der Waals surface area contributed by atoms with Gasteiger partial charge in [0.2, 0.25) is 5.91 Å². The van der Waals surface area contributed by atoms with Gasteiger partial charge in [0.25, 0.3) is 0 Å². The molecule has 0 saturated carbocycles. The molecule has 0 fully saturated rings. The summed E-state index contributed by atoms with van der Waals surface area (Å²) in [5.41, 5.74) is 4.89. The van der Waals surface area contributed by atoms with E-state index in [1.54, 1.807) is 0 Å². The zero-order valence-electron chi connectivity index (χ0n) is 9.19. The van der Waals surface area contributed by atoms with E-state index in [9.17, 15) is 4.79 Å². The number of rotatable bonds is 5. The highest BCUT2D eigenvalue weighted by molar-refractivity contribution is 7.80. The molecule has 3 N–H and O–H groups in total. The minimum Gasteiger partial charge on any atom is -0.392 e. The Kier molecular flexibility index (Phi) is 4.31. The van der Waals surface area contributed by atoms with E-state index in [1.165, 1.54) is 6.20 Å². The Bertz CT molecular complexity index is 373. The van der Waals surface area contributed by atoms with E-state index in [0.29, 0.717) is 17.8 Å². The zero-order chi connectivity index (χ0) is 12.2. The van der Waals surface area contributed by atoms with Crippen molar-refractivity contribution in [1.82, 2.24) is 9.59 Å². The van der Waals surface area contributed by atoms with Gasteiger partial charge in [-0.3, -0.25) is 4.79 Å². The second-order valence-electron chi connectivity index (χ2n) is 3.39. The van der Waals surface area contributed by atoms with Gasteiger partial charge in [-0.1, -0.05) is 30.6 Å². The molecule has 16 heavy (non-hydrogen) atoms. The van der Waals surface area contributed by atoms with Crippen LogP contribution in [-0.2, 0) is 4.79 Å². The number of nitrogens with zero attached hydrogens (tertiary/aromatic N) is 2. The molecular formula is C9H14N4OS2. The van der Waals surface area contributed by atoms with E-state index in [-0.39, 0.29) is 10.9 Å². The first-order valence-corrected chi connectivity index (χ1v) is 6.13. The molecule has 0 aliphatic carbocycles. The molecule has 0 bridgehead atoms. The molecular weight excluding hydrogens is 244 g/mol. The van der Waals surface area contributed by atoms with Crippen LogP contribution in [0, 0.1) is 5.41 Å². The molecule has 1 heterocycles. The quantitative estimate of drug-likeness (QED) is 0.783. The second kappa shape index (κ2) is 5.31. The number of thiocarbonyl (C=S) groups is 1. The lowest BCUT2D eigenvalue weighted by molar-refractivity contribution is -0.122. The number of hydrogen-bond donors (Lipinski definition) is 2. The molecule has 0 unspecified atom stereocenters. The van der Waals surface area contributed by atoms with Crippen LogP contribution in [0.5, 0.6) is 0 Å². The molecule has 0 atom stereocenters. The fourth-order valence-corrected chi connectivity index (χ4v) is 2.28. The Labute approximate surface area is 104 Å². The van der Waals surface area contributed by atoms with Gasteiger partial charge in [0, 0.05) is 11.5 Å². The van der Waals surface area contributed by atoms with Crippen LogP contribution in [-0.4, -0.2) is 20.5 Å². The molecule has 5 nitrogen and oxygen atoms in total. The Hall–Kier alpha value is -1.08. The highest BCUT2D eigenvalue weighted by Crippen LogP contribution is 2.29. The molecule has 0 aliphatic rings. The smallest absolute Gasteiger partial charge is 0.238 e. The lowest BCUT2D eigenvalue weighted by Crippen LogP contribution is -2.45. The Balaban J connectivity index is 2.88. The summed E-state index contributed by atoms with van der Waals surface area (Å²) in [6.45, 7) is 3.79. The van der Waals surface area contributed by atoms with Gasteiger partial charge in [-0.25, -0.2) is 0 Å². The van der Waals surface area contributed by atoms with Crippen molar-refractivity contribution < 1.29 is 4.79 Å². The second-order valence-corrected chi connectivity index (χ2v) is 4.61. The zero-order valence-corrected chi connectivity index (χ0v) is 10.8. The van der Waals surface area contributed by atoms with Crippen LogP contribution in [0.3, 0.4) is 0 Å². The molecule has 1 amide bonds. The van der Waals surface area contributed by atoms with E-state index < -0.39 is 5.41 Å². The van der Waals surface area contributed by atoms with Crippen molar-refractivity contribution in [3.05, 3.63) is 6.20 Å². The molecule has 0 aromatic carbocycles. The molecule has 0 saturated heterocycles. The summed E-state index contributed by atoms with van der Waals surface area (Å²) in [4.78, 5) is 12.3. The van der Waals surface area contributed by atoms with Crippen molar-refractivity contribution in [3.63, 3.8) is 0 Å². The summed E-state index contributed by atoms with van der Waals surface area (Å²) in [5, 5.41) is 6.98. The largest absolute Gasteiger partial charge is 0.392 e. The third-order valence-electron chi connectivity index (χ3n) is 2.71. The molecule has 1 aromatic heterocycles. The standard InChI is InChI=1S/C9H14N4OS2/c1-3-9(4-2,7(10)15)8(14)12-6-5-11-13-16-6/h5H,3-4H2,1-2H3,(H2,10,15)(H,12,14). The first-order valence-electron chi connectivity index (χ1n) is 4.95. The number of aromatic nitrogens is 2. The van der Waals surface area contributed by atoms with Crippen LogP contribution in [0.2, 0.25) is 0 Å². The summed E-state index contributed by atoms with van der Waals surface area (Å²) < 4.78 is 3.67. The van der Waals surface area contributed by atoms with E-state index in [2.05, 4.69) is 14.9 Å². The van der Waals surface area contributed by atoms with Crippen molar-refractivity contribution in [1.29, 1.82) is 0 Å². The number of carbonyl (C=O) groups is 1. The first-order chi connectivity index (χ1) is 7.56. The van der Waals surface area contributed by atoms with Crippen LogP contribution >= 0.6 is 23.8 Å². The third-order valence-corrected chi connectivity index (χ3v) is 3.68. The Morgan fingerprint density at radius 1 is 1.62 bits per heavy atom. The summed E-state index contributed by atoms with van der Waals surface area (Å²) in [6, 6.07) is 0. The number of amides is 1. The van der Waals surface area contributed by atoms with E-state index in [1.807, 2.05) is 13.8 Å². The maximum Gasteiger partial charge on any atom is 0.238 e. The van der Waals surface area contributed by atoms with E-state index in [0.717, 1.165) is 11.5 Å². The summed E-state index contributed by atoms with van der Waals surface area (Å²) >= 11 is 6.11. The number of nitrogens with two attached hydrogens (primary N) is 1. The predicted octanol–water partition coefficient (Wildman–Crippen LogP) is 1.57. The number of nitrogens with one attached hydrogen (secondary N) is 1. The minimum absolute atomic E-state index is 0.184. The highest BCUT2D eigenvalue weighted by Gasteiger charge is 2.38. The molecule has 0 spiro atoms. The maximum atomic E-state index is 12.1. The van der Waals surface area contributed by atoms with Gasteiger partial charge in [-0.05, 0) is 12.8 Å². The van der Waals surface area contributed by atoms with Crippen LogP contribution in [0.15, 0.2) is 6.20 Å². The summed E-state index contributed by atoms with van der Waals surface area (Å²) in [7, 11) is 0. The topological polar surface area (TPSA) is 80.9 Å². The minimum atomic E-state index is -0.778. The summed E-state index contributed by atoms with van der Waals surface area (Å²) in [6.07, 6.45) is 2.66. The maximum absolute atomic E-state index is 12.1. The van der Waals surface area contributed by atoms with Gasteiger partial charge in [-0.2, -0.15) is 0 Å². The Morgan fingerprint density at radius 3 is 2.62 bits per heavy atom. The number of hydrogen-bond acceptors (Lipinski definition) is 5. The van der Waals surface area contributed by atoms with Gasteiger partial charge in [0.05, 0.1) is 16.6 Å². The Morgan fingerprint density at radius 2 is 2.25 bits per heavy atom. The van der Waals surface area contributed by atoms with Crippen molar-refractivity contribution in [2.45, 2.75) is 26.7 Å². The average molecular weight is 258 g/mol. The van der Waals surface area contributed by atoms with E-state index >= 15 is 0 Å². The molecule has 1 rings (SSSR count). The van der Waals surface area contributed by atoms with Crippen molar-refractivity contribution in [2.75, 3.05) is 5.32 Å². The molecule has 0 radical (unpaired) electrons. The number of anilines is 1. The lowest BCUT2D eigenvalue weighted by atomic mass is 9.81. The van der Waals surface area contributed by atoms with Gasteiger partial charge in [0.1, 0.15) is 5.00 Å². The van der Waals surface area contributed by atoms with Gasteiger partial charge >= 0.3 is 0 Å². The predicted molar refractivity (Wildman–Crippen MR) is 68.3 cm³/mol. The fourth-order valence-electron chi connectivity index (χ4n) is 1.49.